The first-order valence-corrected chi connectivity index (χ1v) is 6.17. The summed E-state index contributed by atoms with van der Waals surface area (Å²) in [5.74, 6) is -0.513. The Morgan fingerprint density at radius 3 is 3.06 bits per heavy atom. The Morgan fingerprint density at radius 1 is 1.44 bits per heavy atom. The molecule has 2 aliphatic heterocycles. The number of nitrogens with zero attached hydrogens (tertiary/aromatic N) is 1. The standard InChI is InChI=1S/C13H15FN2O2/c14-9-1-2-10(12(17)5-9)13(18)16-4-3-8-6-15-7-11(8)16/h1-2,5,8,11,15,17H,3-4,6-7H2/t8-,11+/m0/s1. The second-order valence-corrected chi connectivity index (χ2v) is 4.93. The normalized spacial score (nSPS) is 26.4. The van der Waals surface area contributed by atoms with Gasteiger partial charge in [-0.15, -0.1) is 0 Å². The number of halogens is 1. The molecule has 2 atom stereocenters. The number of hydrogen-bond donors (Lipinski definition) is 2. The number of fused-ring (bicyclic) bond motifs is 1. The summed E-state index contributed by atoms with van der Waals surface area (Å²) in [6.07, 6.45) is 0.991. The van der Waals surface area contributed by atoms with Gasteiger partial charge in [0.25, 0.3) is 5.91 Å². The molecule has 0 radical (unpaired) electrons. The van der Waals surface area contributed by atoms with Crippen LogP contribution in [0.25, 0.3) is 0 Å². The van der Waals surface area contributed by atoms with Crippen molar-refractivity contribution < 1.29 is 14.3 Å². The Morgan fingerprint density at radius 2 is 2.28 bits per heavy atom. The van der Waals surface area contributed by atoms with Gasteiger partial charge in [0.15, 0.2) is 0 Å². The number of phenolic OH excluding ortho intramolecular Hbond substituents is 1. The van der Waals surface area contributed by atoms with Gasteiger partial charge >= 0.3 is 0 Å². The van der Waals surface area contributed by atoms with Crippen LogP contribution >= 0.6 is 0 Å². The van der Waals surface area contributed by atoms with Crippen molar-refractivity contribution in [2.75, 3.05) is 19.6 Å². The molecule has 5 heteroatoms. The van der Waals surface area contributed by atoms with E-state index in [0.29, 0.717) is 12.5 Å². The van der Waals surface area contributed by atoms with Crippen LogP contribution in [0.4, 0.5) is 4.39 Å². The summed E-state index contributed by atoms with van der Waals surface area (Å²) >= 11 is 0. The smallest absolute Gasteiger partial charge is 0.257 e. The van der Waals surface area contributed by atoms with Gasteiger partial charge in [0.05, 0.1) is 5.56 Å². The second-order valence-electron chi connectivity index (χ2n) is 4.93. The number of carbonyl (C=O) groups excluding carboxylic acids is 1. The number of hydrogen-bond acceptors (Lipinski definition) is 3. The molecule has 2 heterocycles. The summed E-state index contributed by atoms with van der Waals surface area (Å²) in [4.78, 5) is 14.1. The van der Waals surface area contributed by atoms with Crippen molar-refractivity contribution in [2.45, 2.75) is 12.5 Å². The first kappa shape index (κ1) is 11.5. The second kappa shape index (κ2) is 4.24. The Labute approximate surface area is 104 Å². The van der Waals surface area contributed by atoms with Crippen molar-refractivity contribution in [3.05, 3.63) is 29.6 Å². The van der Waals surface area contributed by atoms with Gasteiger partial charge in [-0.25, -0.2) is 4.39 Å². The van der Waals surface area contributed by atoms with Crippen LogP contribution in [0.5, 0.6) is 5.75 Å². The predicted octanol–water partition coefficient (Wildman–Crippen LogP) is 0.965. The summed E-state index contributed by atoms with van der Waals surface area (Å²) in [6.45, 7) is 2.47. The minimum absolute atomic E-state index is 0.184. The first-order valence-electron chi connectivity index (χ1n) is 6.17. The maximum absolute atomic E-state index is 12.9. The Bertz CT molecular complexity index is 492. The van der Waals surface area contributed by atoms with Crippen LogP contribution in [0.15, 0.2) is 18.2 Å². The zero-order valence-electron chi connectivity index (χ0n) is 9.90. The van der Waals surface area contributed by atoms with E-state index in [-0.39, 0.29) is 23.3 Å². The predicted molar refractivity (Wildman–Crippen MR) is 63.9 cm³/mol. The molecular formula is C13H15FN2O2. The van der Waals surface area contributed by atoms with E-state index < -0.39 is 5.82 Å². The SMILES string of the molecule is O=C(c1ccc(F)cc1O)N1CC[C@H]2CNC[C@H]21. The monoisotopic (exact) mass is 250 g/mol. The minimum Gasteiger partial charge on any atom is -0.507 e. The molecule has 0 aliphatic carbocycles. The van der Waals surface area contributed by atoms with Crippen molar-refractivity contribution in [3.8, 4) is 5.75 Å². The van der Waals surface area contributed by atoms with Gasteiger partial charge in [-0.3, -0.25) is 4.79 Å². The molecule has 1 aromatic carbocycles. The number of benzene rings is 1. The van der Waals surface area contributed by atoms with Crippen molar-refractivity contribution in [2.24, 2.45) is 5.92 Å². The molecule has 2 saturated heterocycles. The number of phenols is 1. The highest BCUT2D eigenvalue weighted by Crippen LogP contribution is 2.30. The van der Waals surface area contributed by atoms with Crippen molar-refractivity contribution in [1.82, 2.24) is 10.2 Å². The molecule has 0 spiro atoms. The summed E-state index contributed by atoms with van der Waals surface area (Å²) < 4.78 is 12.9. The molecule has 0 bridgehead atoms. The molecule has 2 fully saturated rings. The van der Waals surface area contributed by atoms with Crippen LogP contribution in [0, 0.1) is 11.7 Å². The summed E-state index contributed by atoms with van der Waals surface area (Å²) in [5.41, 5.74) is 0.184. The summed E-state index contributed by atoms with van der Waals surface area (Å²) in [7, 11) is 0. The van der Waals surface area contributed by atoms with Gasteiger partial charge in [0, 0.05) is 31.7 Å². The Kier molecular flexibility index (Phi) is 2.70. The molecule has 2 N–H and O–H groups in total. The number of rotatable bonds is 1. The maximum atomic E-state index is 12.9. The maximum Gasteiger partial charge on any atom is 0.257 e. The van der Waals surface area contributed by atoms with E-state index in [1.54, 1.807) is 4.90 Å². The number of aromatic hydroxyl groups is 1. The van der Waals surface area contributed by atoms with E-state index in [0.717, 1.165) is 25.6 Å². The third-order valence-corrected chi connectivity index (χ3v) is 3.90. The highest BCUT2D eigenvalue weighted by molar-refractivity contribution is 5.97. The molecule has 0 unspecified atom stereocenters. The average Bonchev–Trinajstić information content (AvgIpc) is 2.89. The van der Waals surface area contributed by atoms with Crippen LogP contribution in [-0.2, 0) is 0 Å². The molecular weight excluding hydrogens is 235 g/mol. The van der Waals surface area contributed by atoms with Crippen LogP contribution < -0.4 is 5.32 Å². The van der Waals surface area contributed by atoms with Gasteiger partial charge in [0.1, 0.15) is 11.6 Å². The number of nitrogens with one attached hydrogen (secondary N) is 1. The van der Waals surface area contributed by atoms with E-state index in [2.05, 4.69) is 5.32 Å². The highest BCUT2D eigenvalue weighted by atomic mass is 19.1. The highest BCUT2D eigenvalue weighted by Gasteiger charge is 2.40. The quantitative estimate of drug-likeness (QED) is 0.780. The molecule has 1 aromatic rings. The topological polar surface area (TPSA) is 52.6 Å². The van der Waals surface area contributed by atoms with Gasteiger partial charge in [-0.1, -0.05) is 0 Å². The fourth-order valence-electron chi connectivity index (χ4n) is 2.94. The average molecular weight is 250 g/mol. The Balaban J connectivity index is 1.86. The molecule has 0 aromatic heterocycles. The van der Waals surface area contributed by atoms with E-state index in [1.807, 2.05) is 0 Å². The van der Waals surface area contributed by atoms with Crippen LogP contribution in [-0.4, -0.2) is 41.6 Å². The van der Waals surface area contributed by atoms with Gasteiger partial charge < -0.3 is 15.3 Å². The zero-order valence-corrected chi connectivity index (χ0v) is 9.90. The Hall–Kier alpha value is -1.62. The minimum atomic E-state index is -0.536. The lowest BCUT2D eigenvalue weighted by Crippen LogP contribution is -2.39. The van der Waals surface area contributed by atoms with Crippen molar-refractivity contribution in [1.29, 1.82) is 0 Å². The fraction of sp³-hybridized carbons (Fsp3) is 0.462. The van der Waals surface area contributed by atoms with E-state index in [1.165, 1.54) is 12.1 Å². The fourth-order valence-corrected chi connectivity index (χ4v) is 2.94. The molecule has 1 amide bonds. The molecule has 96 valence electrons. The molecule has 2 aliphatic rings. The number of likely N-dealkylation sites (tertiary alicyclic amines) is 1. The lowest BCUT2D eigenvalue weighted by atomic mass is 10.0. The lowest BCUT2D eigenvalue weighted by molar-refractivity contribution is 0.0734. The van der Waals surface area contributed by atoms with Gasteiger partial charge in [-0.05, 0) is 24.5 Å². The van der Waals surface area contributed by atoms with E-state index in [4.69, 9.17) is 0 Å². The van der Waals surface area contributed by atoms with E-state index >= 15 is 0 Å². The molecule has 0 saturated carbocycles. The van der Waals surface area contributed by atoms with Crippen LogP contribution in [0.3, 0.4) is 0 Å². The largest absolute Gasteiger partial charge is 0.507 e. The number of carbonyl (C=O) groups is 1. The summed E-state index contributed by atoms with van der Waals surface area (Å²) in [6, 6.07) is 3.74. The van der Waals surface area contributed by atoms with Crippen molar-refractivity contribution in [3.63, 3.8) is 0 Å². The zero-order chi connectivity index (χ0) is 12.7. The molecule has 18 heavy (non-hydrogen) atoms. The van der Waals surface area contributed by atoms with Crippen LogP contribution in [0.1, 0.15) is 16.8 Å². The summed E-state index contributed by atoms with van der Waals surface area (Å²) in [5, 5.41) is 12.9. The third-order valence-electron chi connectivity index (χ3n) is 3.90. The molecule has 4 nitrogen and oxygen atoms in total. The van der Waals surface area contributed by atoms with Gasteiger partial charge in [-0.2, -0.15) is 0 Å². The third kappa shape index (κ3) is 1.75. The van der Waals surface area contributed by atoms with E-state index in [9.17, 15) is 14.3 Å². The van der Waals surface area contributed by atoms with Crippen LogP contribution in [0.2, 0.25) is 0 Å². The lowest BCUT2D eigenvalue weighted by Gasteiger charge is -2.23. The molecule has 3 rings (SSSR count). The first-order chi connectivity index (χ1) is 8.66. The number of amides is 1. The van der Waals surface area contributed by atoms with Crippen molar-refractivity contribution >= 4 is 5.91 Å². The van der Waals surface area contributed by atoms with Gasteiger partial charge in [0.2, 0.25) is 0 Å².